The van der Waals surface area contributed by atoms with E-state index < -0.39 is 0 Å². The van der Waals surface area contributed by atoms with E-state index in [1.165, 1.54) is 44.9 Å². The van der Waals surface area contributed by atoms with Crippen LogP contribution in [0.15, 0.2) is 0 Å². The molecule has 1 saturated heterocycles. The van der Waals surface area contributed by atoms with E-state index in [1.54, 1.807) is 0 Å². The van der Waals surface area contributed by atoms with Crippen molar-refractivity contribution in [3.05, 3.63) is 0 Å². The van der Waals surface area contributed by atoms with Crippen LogP contribution in [0.5, 0.6) is 0 Å². The molecule has 0 spiro atoms. The van der Waals surface area contributed by atoms with E-state index in [0.717, 1.165) is 48.3 Å². The summed E-state index contributed by atoms with van der Waals surface area (Å²) in [6, 6.07) is 0.482. The number of hydrogen-bond acceptors (Lipinski definition) is 1. The van der Waals surface area contributed by atoms with Gasteiger partial charge >= 0.3 is 0 Å². The predicted molar refractivity (Wildman–Crippen MR) is 112 cm³/mol. The number of hydrogen-bond donors (Lipinski definition) is 0. The van der Waals surface area contributed by atoms with Crippen molar-refractivity contribution in [1.29, 1.82) is 0 Å². The Morgan fingerprint density at radius 1 is 1.11 bits per heavy atom. The third-order valence-electron chi connectivity index (χ3n) is 10.4. The standard InChI is InChI=1S/C25H43NO/c1-7-8-16(2)18-9-10-19-23-17(3)15-21-25(5,14-12-22(27)26(21)6)20(23)11-13-24(18,19)4/h16-21,23H,7-15H2,1-6H3/t16?,17?,18-,19+,20+,21-,23+,24-,25-/m1/s1. The van der Waals surface area contributed by atoms with Gasteiger partial charge in [0, 0.05) is 19.5 Å². The number of nitrogens with zero attached hydrogens (tertiary/aromatic N) is 1. The number of amides is 1. The zero-order chi connectivity index (χ0) is 19.6. The lowest BCUT2D eigenvalue weighted by Gasteiger charge is -2.64. The fraction of sp³-hybridized carbons (Fsp3) is 0.960. The first-order chi connectivity index (χ1) is 12.7. The molecule has 27 heavy (non-hydrogen) atoms. The monoisotopic (exact) mass is 373 g/mol. The second-order valence-corrected chi connectivity index (χ2v) is 11.5. The van der Waals surface area contributed by atoms with Crippen LogP contribution in [0.3, 0.4) is 0 Å². The zero-order valence-electron chi connectivity index (χ0n) is 18.8. The van der Waals surface area contributed by atoms with Gasteiger partial charge in [-0.2, -0.15) is 0 Å². The van der Waals surface area contributed by atoms with E-state index in [0.29, 0.717) is 22.8 Å². The van der Waals surface area contributed by atoms with Crippen LogP contribution in [0.2, 0.25) is 0 Å². The fourth-order valence-electron chi connectivity index (χ4n) is 9.09. The molecule has 4 rings (SSSR count). The van der Waals surface area contributed by atoms with Crippen molar-refractivity contribution in [1.82, 2.24) is 4.90 Å². The van der Waals surface area contributed by atoms with Crippen LogP contribution in [0.4, 0.5) is 0 Å². The van der Waals surface area contributed by atoms with Crippen molar-refractivity contribution in [3.8, 4) is 0 Å². The molecule has 0 aromatic rings. The lowest BCUT2D eigenvalue weighted by molar-refractivity contribution is -0.167. The summed E-state index contributed by atoms with van der Waals surface area (Å²) in [6.45, 7) is 12.7. The molecular weight excluding hydrogens is 330 g/mol. The highest BCUT2D eigenvalue weighted by atomic mass is 16.2. The van der Waals surface area contributed by atoms with Crippen LogP contribution >= 0.6 is 0 Å². The Labute approximate surface area is 167 Å². The van der Waals surface area contributed by atoms with Crippen LogP contribution in [0, 0.1) is 46.3 Å². The maximum atomic E-state index is 12.4. The first kappa shape index (κ1) is 19.8. The smallest absolute Gasteiger partial charge is 0.222 e. The average molecular weight is 374 g/mol. The molecule has 0 N–H and O–H groups in total. The van der Waals surface area contributed by atoms with Crippen molar-refractivity contribution < 1.29 is 4.79 Å². The van der Waals surface area contributed by atoms with Gasteiger partial charge < -0.3 is 4.90 Å². The van der Waals surface area contributed by atoms with Crippen molar-refractivity contribution >= 4 is 5.91 Å². The lowest BCUT2D eigenvalue weighted by Crippen LogP contribution is -2.63. The second kappa shape index (κ2) is 6.77. The van der Waals surface area contributed by atoms with E-state index >= 15 is 0 Å². The van der Waals surface area contributed by atoms with Crippen LogP contribution in [-0.4, -0.2) is 23.9 Å². The topological polar surface area (TPSA) is 20.3 Å². The molecule has 1 heterocycles. The highest BCUT2D eigenvalue weighted by molar-refractivity contribution is 5.77. The highest BCUT2D eigenvalue weighted by Gasteiger charge is 2.63. The Morgan fingerprint density at radius 2 is 1.81 bits per heavy atom. The number of piperidine rings is 1. The molecule has 1 aliphatic heterocycles. The Kier molecular flexibility index (Phi) is 4.96. The molecule has 4 aliphatic rings. The number of fused-ring (bicyclic) bond motifs is 5. The molecule has 4 fully saturated rings. The van der Waals surface area contributed by atoms with E-state index in [9.17, 15) is 4.79 Å². The van der Waals surface area contributed by atoms with Gasteiger partial charge in [0.25, 0.3) is 0 Å². The first-order valence-electron chi connectivity index (χ1n) is 12.0. The summed E-state index contributed by atoms with van der Waals surface area (Å²) in [5.41, 5.74) is 0.928. The predicted octanol–water partition coefficient (Wildman–Crippen LogP) is 6.15. The second-order valence-electron chi connectivity index (χ2n) is 11.5. The van der Waals surface area contributed by atoms with Crippen LogP contribution < -0.4 is 0 Å². The number of carbonyl (C=O) groups is 1. The van der Waals surface area contributed by atoms with Crippen LogP contribution in [0.1, 0.15) is 92.4 Å². The Bertz CT molecular complexity index is 587. The summed E-state index contributed by atoms with van der Waals surface area (Å²) in [5, 5.41) is 0. The van der Waals surface area contributed by atoms with Gasteiger partial charge in [-0.05, 0) is 84.9 Å². The van der Waals surface area contributed by atoms with Gasteiger partial charge in [-0.25, -0.2) is 0 Å². The maximum absolute atomic E-state index is 12.4. The van der Waals surface area contributed by atoms with Gasteiger partial charge in [0.2, 0.25) is 5.91 Å². The summed E-state index contributed by atoms with van der Waals surface area (Å²) in [6.07, 6.45) is 11.7. The molecule has 2 heteroatoms. The third-order valence-corrected chi connectivity index (χ3v) is 10.4. The molecule has 2 nitrogen and oxygen atoms in total. The average Bonchev–Trinajstić information content (AvgIpc) is 2.98. The Hall–Kier alpha value is -0.530. The fourth-order valence-corrected chi connectivity index (χ4v) is 9.09. The summed E-state index contributed by atoms with van der Waals surface area (Å²) in [5.74, 6) is 5.64. The highest BCUT2D eigenvalue weighted by Crippen LogP contribution is 2.68. The minimum Gasteiger partial charge on any atom is -0.342 e. The Balaban J connectivity index is 1.63. The molecule has 0 radical (unpaired) electrons. The van der Waals surface area contributed by atoms with Crippen molar-refractivity contribution in [3.63, 3.8) is 0 Å². The number of rotatable bonds is 3. The van der Waals surface area contributed by atoms with Gasteiger partial charge in [-0.3, -0.25) is 4.79 Å². The molecule has 3 aliphatic carbocycles. The minimum absolute atomic E-state index is 0.355. The SMILES string of the molecule is CCCC(C)[C@H]1CC[C@H]2[C@@H]3C(C)C[C@H]4N(C)C(=O)CC[C@]4(C)[C@H]3CC[C@]12C. The molecule has 2 unspecified atom stereocenters. The van der Waals surface area contributed by atoms with E-state index in [-0.39, 0.29) is 0 Å². The molecule has 3 saturated carbocycles. The van der Waals surface area contributed by atoms with Crippen molar-refractivity contribution in [2.75, 3.05) is 7.05 Å². The Morgan fingerprint density at radius 3 is 2.52 bits per heavy atom. The van der Waals surface area contributed by atoms with Gasteiger partial charge in [-0.1, -0.05) is 47.5 Å². The largest absolute Gasteiger partial charge is 0.342 e. The first-order valence-corrected chi connectivity index (χ1v) is 12.0. The molecular formula is C25H43NO. The normalized spacial score (nSPS) is 50.7. The molecule has 0 aromatic carbocycles. The quantitative estimate of drug-likeness (QED) is 0.581. The third kappa shape index (κ3) is 2.75. The maximum Gasteiger partial charge on any atom is 0.222 e. The van der Waals surface area contributed by atoms with Crippen molar-refractivity contribution in [2.45, 2.75) is 98.4 Å². The van der Waals surface area contributed by atoms with Crippen LogP contribution in [0.25, 0.3) is 0 Å². The van der Waals surface area contributed by atoms with Gasteiger partial charge in [0.15, 0.2) is 0 Å². The van der Waals surface area contributed by atoms with E-state index in [1.807, 2.05) is 0 Å². The minimum atomic E-state index is 0.355. The zero-order valence-corrected chi connectivity index (χ0v) is 18.8. The molecule has 0 bridgehead atoms. The summed E-state index contributed by atoms with van der Waals surface area (Å²) < 4.78 is 0. The van der Waals surface area contributed by atoms with Gasteiger partial charge in [0.1, 0.15) is 0 Å². The van der Waals surface area contributed by atoms with Crippen molar-refractivity contribution in [2.24, 2.45) is 46.3 Å². The van der Waals surface area contributed by atoms with E-state index in [2.05, 4.69) is 46.6 Å². The molecule has 9 atom stereocenters. The molecule has 1 amide bonds. The van der Waals surface area contributed by atoms with Crippen LogP contribution in [-0.2, 0) is 4.79 Å². The number of likely N-dealkylation sites (tertiary alicyclic amines) is 1. The summed E-state index contributed by atoms with van der Waals surface area (Å²) in [4.78, 5) is 14.5. The summed E-state index contributed by atoms with van der Waals surface area (Å²) in [7, 11) is 2.09. The van der Waals surface area contributed by atoms with E-state index in [4.69, 9.17) is 0 Å². The summed E-state index contributed by atoms with van der Waals surface area (Å²) >= 11 is 0. The molecule has 154 valence electrons. The van der Waals surface area contributed by atoms with Gasteiger partial charge in [-0.15, -0.1) is 0 Å². The van der Waals surface area contributed by atoms with Gasteiger partial charge in [0.05, 0.1) is 0 Å². The molecule has 0 aromatic heterocycles. The lowest BCUT2D eigenvalue weighted by atomic mass is 9.44. The number of carbonyl (C=O) groups excluding carboxylic acids is 1.